The first kappa shape index (κ1) is 15.3. The molecule has 0 saturated heterocycles. The summed E-state index contributed by atoms with van der Waals surface area (Å²) in [6, 6.07) is 1.56. The van der Waals surface area contributed by atoms with Gasteiger partial charge in [0.1, 0.15) is 0 Å². The third kappa shape index (κ3) is 2.98. The number of hydrogen-bond donors (Lipinski definition) is 2. The minimum Gasteiger partial charge on any atom is -0.317 e. The molecule has 0 atom stereocenters. The molecule has 0 radical (unpaired) electrons. The molecule has 1 aromatic carbocycles. The van der Waals surface area contributed by atoms with Crippen molar-refractivity contribution in [3.05, 3.63) is 42.7 Å². The van der Waals surface area contributed by atoms with Crippen LogP contribution in [0.15, 0.2) is 16.9 Å². The van der Waals surface area contributed by atoms with E-state index in [1.165, 1.54) is 0 Å². The number of nitro benzene ring substituents is 2. The Morgan fingerprint density at radius 3 is 2.23 bits per heavy atom. The lowest BCUT2D eigenvalue weighted by molar-refractivity contribution is -0.422. The van der Waals surface area contributed by atoms with Gasteiger partial charge in [0, 0.05) is 6.07 Å². The SMILES string of the molecule is CS(=O)(=O)Nc1nc2cc([N+](=O)[O-])c([N+](=O)[O-])cc2[nH]c1=O. The fraction of sp³-hybridized carbons (Fsp3) is 0.111. The van der Waals surface area contributed by atoms with E-state index in [1.54, 1.807) is 0 Å². The van der Waals surface area contributed by atoms with E-state index in [2.05, 4.69) is 9.97 Å². The van der Waals surface area contributed by atoms with Crippen LogP contribution in [0.2, 0.25) is 0 Å². The smallest absolute Gasteiger partial charge is 0.317 e. The van der Waals surface area contributed by atoms with Crippen LogP contribution in [0.5, 0.6) is 0 Å². The van der Waals surface area contributed by atoms with Gasteiger partial charge in [-0.05, 0) is 0 Å². The first-order valence-corrected chi connectivity index (χ1v) is 7.32. The highest BCUT2D eigenvalue weighted by molar-refractivity contribution is 7.92. The van der Waals surface area contributed by atoms with Crippen LogP contribution >= 0.6 is 0 Å². The zero-order chi connectivity index (χ0) is 16.7. The second-order valence-electron chi connectivity index (χ2n) is 4.16. The number of aromatic nitrogens is 2. The van der Waals surface area contributed by atoms with E-state index >= 15 is 0 Å². The highest BCUT2D eigenvalue weighted by Crippen LogP contribution is 2.30. The van der Waals surface area contributed by atoms with Crippen LogP contribution in [0.25, 0.3) is 11.0 Å². The lowest BCUT2D eigenvalue weighted by Gasteiger charge is -2.04. The van der Waals surface area contributed by atoms with Crippen molar-refractivity contribution in [3.8, 4) is 0 Å². The predicted molar refractivity (Wildman–Crippen MR) is 74.1 cm³/mol. The molecule has 12 nitrogen and oxygen atoms in total. The summed E-state index contributed by atoms with van der Waals surface area (Å²) in [7, 11) is -3.79. The Bertz CT molecular complexity index is 964. The average molecular weight is 329 g/mol. The molecular weight excluding hydrogens is 322 g/mol. The number of nitrogens with zero attached hydrogens (tertiary/aromatic N) is 3. The molecule has 0 aliphatic rings. The second kappa shape index (κ2) is 5.03. The van der Waals surface area contributed by atoms with Crippen molar-refractivity contribution in [2.45, 2.75) is 0 Å². The van der Waals surface area contributed by atoms with Gasteiger partial charge in [0.05, 0.1) is 33.2 Å². The highest BCUT2D eigenvalue weighted by Gasteiger charge is 2.26. The van der Waals surface area contributed by atoms with E-state index in [0.29, 0.717) is 0 Å². The van der Waals surface area contributed by atoms with Gasteiger partial charge in [-0.15, -0.1) is 0 Å². The first-order chi connectivity index (χ1) is 10.1. The molecule has 116 valence electrons. The van der Waals surface area contributed by atoms with Gasteiger partial charge in [-0.25, -0.2) is 13.4 Å². The highest BCUT2D eigenvalue weighted by atomic mass is 32.2. The molecule has 13 heteroatoms. The zero-order valence-electron chi connectivity index (χ0n) is 10.8. The number of H-pyrrole nitrogens is 1. The monoisotopic (exact) mass is 329 g/mol. The summed E-state index contributed by atoms with van der Waals surface area (Å²) < 4.78 is 24.1. The number of hydrogen-bond acceptors (Lipinski definition) is 8. The molecule has 22 heavy (non-hydrogen) atoms. The molecule has 1 heterocycles. The number of rotatable bonds is 4. The van der Waals surface area contributed by atoms with Crippen molar-refractivity contribution >= 4 is 38.2 Å². The molecular formula is C9H7N5O7S. The maximum absolute atomic E-state index is 11.7. The summed E-state index contributed by atoms with van der Waals surface area (Å²) in [5.74, 6) is -0.599. The Morgan fingerprint density at radius 2 is 1.73 bits per heavy atom. The van der Waals surface area contributed by atoms with Crippen LogP contribution in [0.1, 0.15) is 0 Å². The fourth-order valence-corrected chi connectivity index (χ4v) is 2.14. The minimum absolute atomic E-state index is 0.138. The van der Waals surface area contributed by atoms with Gasteiger partial charge in [0.25, 0.3) is 5.56 Å². The number of nitro groups is 2. The van der Waals surface area contributed by atoms with Crippen molar-refractivity contribution in [1.29, 1.82) is 0 Å². The fourth-order valence-electron chi connectivity index (χ4n) is 1.65. The zero-order valence-corrected chi connectivity index (χ0v) is 11.6. The molecule has 0 saturated carbocycles. The van der Waals surface area contributed by atoms with Crippen LogP contribution in [0, 0.1) is 20.2 Å². The number of sulfonamides is 1. The minimum atomic E-state index is -3.79. The summed E-state index contributed by atoms with van der Waals surface area (Å²) >= 11 is 0. The largest absolute Gasteiger partial charge is 0.348 e. The van der Waals surface area contributed by atoms with Crippen molar-refractivity contribution in [2.24, 2.45) is 0 Å². The van der Waals surface area contributed by atoms with Crippen LogP contribution in [0.4, 0.5) is 17.2 Å². The number of aromatic amines is 1. The van der Waals surface area contributed by atoms with Gasteiger partial charge in [-0.1, -0.05) is 0 Å². The summed E-state index contributed by atoms with van der Waals surface area (Å²) in [5.41, 5.74) is -2.91. The number of nitrogens with one attached hydrogen (secondary N) is 2. The van der Waals surface area contributed by atoms with Crippen LogP contribution < -0.4 is 10.3 Å². The number of anilines is 1. The molecule has 0 fully saturated rings. The topological polar surface area (TPSA) is 178 Å². The maximum Gasteiger partial charge on any atom is 0.348 e. The van der Waals surface area contributed by atoms with E-state index in [0.717, 1.165) is 18.4 Å². The Balaban J connectivity index is 2.77. The molecule has 0 bridgehead atoms. The molecule has 0 amide bonds. The van der Waals surface area contributed by atoms with Crippen LogP contribution in [0.3, 0.4) is 0 Å². The van der Waals surface area contributed by atoms with Crippen molar-refractivity contribution in [3.63, 3.8) is 0 Å². The van der Waals surface area contributed by atoms with Crippen molar-refractivity contribution in [2.75, 3.05) is 11.0 Å². The molecule has 0 aliphatic heterocycles. The summed E-state index contributed by atoms with van der Waals surface area (Å²) in [6.07, 6.45) is 0.788. The van der Waals surface area contributed by atoms with E-state index in [4.69, 9.17) is 0 Å². The van der Waals surface area contributed by atoms with Gasteiger partial charge in [0.15, 0.2) is 0 Å². The predicted octanol–water partition coefficient (Wildman–Crippen LogP) is 0.111. The molecule has 0 spiro atoms. The molecule has 1 aromatic heterocycles. The second-order valence-corrected chi connectivity index (χ2v) is 5.91. The lowest BCUT2D eigenvalue weighted by Crippen LogP contribution is -2.20. The van der Waals surface area contributed by atoms with Crippen LogP contribution in [-0.2, 0) is 10.0 Å². The van der Waals surface area contributed by atoms with Gasteiger partial charge < -0.3 is 4.98 Å². The molecule has 2 rings (SSSR count). The van der Waals surface area contributed by atoms with E-state index in [9.17, 15) is 33.4 Å². The molecule has 2 aromatic rings. The summed E-state index contributed by atoms with van der Waals surface area (Å²) in [6.45, 7) is 0. The number of benzene rings is 1. The Hall–Kier alpha value is -3.09. The Labute approximate surface area is 121 Å². The quantitative estimate of drug-likeness (QED) is 0.585. The van der Waals surface area contributed by atoms with E-state index in [1.807, 2.05) is 4.72 Å². The summed E-state index contributed by atoms with van der Waals surface area (Å²) in [4.78, 5) is 37.2. The molecule has 0 aliphatic carbocycles. The molecule has 2 N–H and O–H groups in total. The number of fused-ring (bicyclic) bond motifs is 1. The normalized spacial score (nSPS) is 11.3. The van der Waals surface area contributed by atoms with Gasteiger partial charge in [0.2, 0.25) is 15.8 Å². The lowest BCUT2D eigenvalue weighted by atomic mass is 10.2. The average Bonchev–Trinajstić information content (AvgIpc) is 2.36. The third-order valence-corrected chi connectivity index (χ3v) is 3.03. The van der Waals surface area contributed by atoms with E-state index in [-0.39, 0.29) is 11.0 Å². The first-order valence-electron chi connectivity index (χ1n) is 5.43. The molecule has 0 unspecified atom stereocenters. The third-order valence-electron chi connectivity index (χ3n) is 2.46. The van der Waals surface area contributed by atoms with Gasteiger partial charge in [-0.3, -0.25) is 29.7 Å². The van der Waals surface area contributed by atoms with Crippen molar-refractivity contribution in [1.82, 2.24) is 9.97 Å². The Kier molecular flexibility index (Phi) is 3.50. The summed E-state index contributed by atoms with van der Waals surface area (Å²) in [5, 5.41) is 21.6. The van der Waals surface area contributed by atoms with Crippen LogP contribution in [-0.4, -0.2) is 34.5 Å². The standard InChI is InChI=1S/C9H7N5O7S/c1-22(20,21)12-8-9(15)11-5-3-7(14(18)19)6(13(16)17)2-4(5)10-8/h2-3H,1H3,(H,10,12)(H,11,15). The maximum atomic E-state index is 11.7. The van der Waals surface area contributed by atoms with Crippen molar-refractivity contribution < 1.29 is 18.3 Å². The van der Waals surface area contributed by atoms with Gasteiger partial charge >= 0.3 is 11.4 Å². The van der Waals surface area contributed by atoms with E-state index < -0.39 is 42.6 Å². The van der Waals surface area contributed by atoms with Gasteiger partial charge in [-0.2, -0.15) is 0 Å². The Morgan fingerprint density at radius 1 is 1.18 bits per heavy atom.